The van der Waals surface area contributed by atoms with Crippen LogP contribution in [0.25, 0.3) is 0 Å². The molecule has 0 saturated carbocycles. The SMILES string of the molecule is CC(C)(C)NCc1ccc(C#CC(N)=O)cc1. The minimum Gasteiger partial charge on any atom is -0.359 e. The topological polar surface area (TPSA) is 55.1 Å². The largest absolute Gasteiger partial charge is 0.359 e. The van der Waals surface area contributed by atoms with Crippen molar-refractivity contribution in [3.8, 4) is 11.8 Å². The van der Waals surface area contributed by atoms with Gasteiger partial charge in [0, 0.05) is 17.6 Å². The lowest BCUT2D eigenvalue weighted by atomic mass is 10.1. The van der Waals surface area contributed by atoms with Gasteiger partial charge in [0.25, 0.3) is 5.91 Å². The predicted octanol–water partition coefficient (Wildman–Crippen LogP) is 1.41. The van der Waals surface area contributed by atoms with Gasteiger partial charge in [-0.2, -0.15) is 0 Å². The number of nitrogens with one attached hydrogen (secondary N) is 1. The molecule has 3 N–H and O–H groups in total. The fraction of sp³-hybridized carbons (Fsp3) is 0.357. The van der Waals surface area contributed by atoms with E-state index in [1.165, 1.54) is 5.56 Å². The van der Waals surface area contributed by atoms with Crippen LogP contribution in [0.1, 0.15) is 31.9 Å². The van der Waals surface area contributed by atoms with Crippen LogP contribution in [0.15, 0.2) is 24.3 Å². The van der Waals surface area contributed by atoms with Gasteiger partial charge in [-0.3, -0.25) is 4.79 Å². The summed E-state index contributed by atoms with van der Waals surface area (Å²) in [5, 5.41) is 3.40. The van der Waals surface area contributed by atoms with Crippen LogP contribution in [0.2, 0.25) is 0 Å². The van der Waals surface area contributed by atoms with Crippen molar-refractivity contribution in [2.24, 2.45) is 5.73 Å². The number of nitrogens with two attached hydrogens (primary N) is 1. The first-order valence-corrected chi connectivity index (χ1v) is 5.52. The van der Waals surface area contributed by atoms with Gasteiger partial charge in [0.1, 0.15) is 0 Å². The van der Waals surface area contributed by atoms with E-state index in [0.717, 1.165) is 12.1 Å². The van der Waals surface area contributed by atoms with Crippen LogP contribution in [0, 0.1) is 11.8 Å². The molecule has 0 heterocycles. The van der Waals surface area contributed by atoms with Gasteiger partial charge in [0.15, 0.2) is 0 Å². The van der Waals surface area contributed by atoms with Crippen LogP contribution < -0.4 is 11.1 Å². The van der Waals surface area contributed by atoms with Crippen LogP contribution in [0.5, 0.6) is 0 Å². The van der Waals surface area contributed by atoms with Crippen molar-refractivity contribution in [1.82, 2.24) is 5.32 Å². The molecule has 0 radical (unpaired) electrons. The second kappa shape index (κ2) is 5.51. The molecule has 0 aliphatic heterocycles. The van der Waals surface area contributed by atoms with E-state index in [-0.39, 0.29) is 5.54 Å². The van der Waals surface area contributed by atoms with Crippen LogP contribution in [0.4, 0.5) is 0 Å². The Morgan fingerprint density at radius 2 is 1.88 bits per heavy atom. The number of primary amides is 1. The van der Waals surface area contributed by atoms with E-state index in [1.807, 2.05) is 24.3 Å². The Balaban J connectivity index is 2.63. The molecule has 1 aromatic rings. The maximum Gasteiger partial charge on any atom is 0.293 e. The quantitative estimate of drug-likeness (QED) is 0.755. The number of benzene rings is 1. The van der Waals surface area contributed by atoms with Gasteiger partial charge in [0.2, 0.25) is 0 Å². The third-order valence-electron chi connectivity index (χ3n) is 2.11. The van der Waals surface area contributed by atoms with E-state index in [1.54, 1.807) is 0 Å². The molecule has 0 atom stereocenters. The Morgan fingerprint density at radius 1 is 1.29 bits per heavy atom. The third kappa shape index (κ3) is 5.74. The summed E-state index contributed by atoms with van der Waals surface area (Å²) >= 11 is 0. The Labute approximate surface area is 102 Å². The first-order valence-electron chi connectivity index (χ1n) is 5.52. The van der Waals surface area contributed by atoms with Crippen molar-refractivity contribution in [3.63, 3.8) is 0 Å². The summed E-state index contributed by atoms with van der Waals surface area (Å²) in [5.74, 6) is 4.40. The number of amides is 1. The molecule has 0 aliphatic carbocycles. The zero-order chi connectivity index (χ0) is 12.9. The standard InChI is InChI=1S/C14H18N2O/c1-14(2,3)16-10-12-6-4-11(5-7-12)8-9-13(15)17/h4-7,16H,10H2,1-3H3,(H2,15,17). The molecular weight excluding hydrogens is 212 g/mol. The number of hydrogen-bond donors (Lipinski definition) is 2. The molecule has 1 aromatic carbocycles. The molecule has 1 rings (SSSR count). The minimum absolute atomic E-state index is 0.102. The lowest BCUT2D eigenvalue weighted by Crippen LogP contribution is -2.35. The lowest BCUT2D eigenvalue weighted by molar-refractivity contribution is -0.112. The summed E-state index contributed by atoms with van der Waals surface area (Å²) < 4.78 is 0. The van der Waals surface area contributed by atoms with E-state index in [9.17, 15) is 4.79 Å². The first-order chi connectivity index (χ1) is 7.87. The predicted molar refractivity (Wildman–Crippen MR) is 69.1 cm³/mol. The summed E-state index contributed by atoms with van der Waals surface area (Å²) in [4.78, 5) is 10.5. The highest BCUT2D eigenvalue weighted by atomic mass is 16.1. The number of carbonyl (C=O) groups excluding carboxylic acids is 1. The monoisotopic (exact) mass is 230 g/mol. The van der Waals surface area contributed by atoms with E-state index in [2.05, 4.69) is 37.9 Å². The van der Waals surface area contributed by atoms with Gasteiger partial charge in [-0.1, -0.05) is 18.1 Å². The van der Waals surface area contributed by atoms with E-state index >= 15 is 0 Å². The smallest absolute Gasteiger partial charge is 0.293 e. The second-order valence-corrected chi connectivity index (χ2v) is 4.91. The summed E-state index contributed by atoms with van der Waals surface area (Å²) in [7, 11) is 0. The average molecular weight is 230 g/mol. The molecule has 0 aliphatic rings. The van der Waals surface area contributed by atoms with Crippen molar-refractivity contribution >= 4 is 5.91 Å². The molecule has 17 heavy (non-hydrogen) atoms. The summed E-state index contributed by atoms with van der Waals surface area (Å²) in [6.45, 7) is 7.19. The molecule has 0 fully saturated rings. The fourth-order valence-corrected chi connectivity index (χ4v) is 1.21. The Kier molecular flexibility index (Phi) is 4.30. The maximum atomic E-state index is 10.5. The highest BCUT2D eigenvalue weighted by Gasteiger charge is 2.07. The Hall–Kier alpha value is -1.79. The van der Waals surface area contributed by atoms with Crippen LogP contribution in [-0.2, 0) is 11.3 Å². The summed E-state index contributed by atoms with van der Waals surface area (Å²) in [5.41, 5.74) is 7.02. The van der Waals surface area contributed by atoms with Gasteiger partial charge in [-0.05, 0) is 44.4 Å². The molecular formula is C14H18N2O. The number of hydrogen-bond acceptors (Lipinski definition) is 2. The zero-order valence-corrected chi connectivity index (χ0v) is 10.5. The summed E-state index contributed by atoms with van der Waals surface area (Å²) in [6, 6.07) is 7.75. The van der Waals surface area contributed by atoms with E-state index in [4.69, 9.17) is 5.73 Å². The fourth-order valence-electron chi connectivity index (χ4n) is 1.21. The molecule has 0 spiro atoms. The van der Waals surface area contributed by atoms with Crippen molar-refractivity contribution in [2.45, 2.75) is 32.9 Å². The molecule has 0 saturated heterocycles. The van der Waals surface area contributed by atoms with E-state index in [0.29, 0.717) is 0 Å². The van der Waals surface area contributed by atoms with E-state index < -0.39 is 5.91 Å². The second-order valence-electron chi connectivity index (χ2n) is 4.91. The normalized spacial score (nSPS) is 10.5. The molecule has 3 nitrogen and oxygen atoms in total. The molecule has 3 heteroatoms. The van der Waals surface area contributed by atoms with Crippen molar-refractivity contribution in [2.75, 3.05) is 0 Å². The zero-order valence-electron chi connectivity index (χ0n) is 10.5. The third-order valence-corrected chi connectivity index (χ3v) is 2.11. The molecule has 90 valence electrons. The van der Waals surface area contributed by atoms with Crippen molar-refractivity contribution in [1.29, 1.82) is 0 Å². The Morgan fingerprint density at radius 3 is 2.35 bits per heavy atom. The number of carbonyl (C=O) groups is 1. The highest BCUT2D eigenvalue weighted by Crippen LogP contribution is 2.06. The Bertz CT molecular complexity index is 444. The molecule has 0 aromatic heterocycles. The maximum absolute atomic E-state index is 10.5. The lowest BCUT2D eigenvalue weighted by Gasteiger charge is -2.20. The van der Waals surface area contributed by atoms with Crippen LogP contribution in [-0.4, -0.2) is 11.4 Å². The molecule has 0 unspecified atom stereocenters. The molecule has 1 amide bonds. The van der Waals surface area contributed by atoms with Crippen molar-refractivity contribution in [3.05, 3.63) is 35.4 Å². The van der Waals surface area contributed by atoms with Gasteiger partial charge >= 0.3 is 0 Å². The van der Waals surface area contributed by atoms with Gasteiger partial charge in [-0.25, -0.2) is 0 Å². The minimum atomic E-state index is -0.608. The van der Waals surface area contributed by atoms with Gasteiger partial charge < -0.3 is 11.1 Å². The average Bonchev–Trinajstić information content (AvgIpc) is 2.24. The van der Waals surface area contributed by atoms with Crippen LogP contribution >= 0.6 is 0 Å². The number of rotatable bonds is 2. The molecule has 0 bridgehead atoms. The first kappa shape index (κ1) is 13.3. The summed E-state index contributed by atoms with van der Waals surface area (Å²) in [6.07, 6.45) is 0. The van der Waals surface area contributed by atoms with Crippen molar-refractivity contribution < 1.29 is 4.79 Å². The highest BCUT2D eigenvalue weighted by molar-refractivity contribution is 5.92. The van der Waals surface area contributed by atoms with Gasteiger partial charge in [0.05, 0.1) is 0 Å². The van der Waals surface area contributed by atoms with Gasteiger partial charge in [-0.15, -0.1) is 0 Å². The van der Waals surface area contributed by atoms with Crippen LogP contribution in [0.3, 0.4) is 0 Å².